The topological polar surface area (TPSA) is 182 Å². The van der Waals surface area contributed by atoms with Gasteiger partial charge in [-0.3, -0.25) is 0 Å². The van der Waals surface area contributed by atoms with Crippen molar-refractivity contribution in [2.24, 2.45) is 16.7 Å². The van der Waals surface area contributed by atoms with Crippen LogP contribution in [0.1, 0.15) is 57.9 Å². The molecule has 3 aliphatic carbocycles. The molecule has 0 unspecified atom stereocenters. The van der Waals surface area contributed by atoms with Crippen LogP contribution in [0.25, 0.3) is 0 Å². The van der Waals surface area contributed by atoms with Crippen LogP contribution in [-0.4, -0.2) is 99.3 Å². The van der Waals surface area contributed by atoms with Gasteiger partial charge in [-0.15, -0.1) is 0 Å². The summed E-state index contributed by atoms with van der Waals surface area (Å²) in [7, 11) is 0. The second-order valence-electron chi connectivity index (χ2n) is 12.8. The van der Waals surface area contributed by atoms with Gasteiger partial charge in [0.25, 0.3) is 0 Å². The minimum Gasteiger partial charge on any atom is -0.451 e. The van der Waals surface area contributed by atoms with E-state index in [2.05, 4.69) is 4.98 Å². The third-order valence-electron chi connectivity index (χ3n) is 11.8. The van der Waals surface area contributed by atoms with Gasteiger partial charge in [-0.1, -0.05) is 20.8 Å². The Morgan fingerprint density at radius 3 is 2.39 bits per heavy atom. The first-order valence-corrected chi connectivity index (χ1v) is 12.5. The third-order valence-corrected chi connectivity index (χ3v) is 11.8. The van der Waals surface area contributed by atoms with Crippen molar-refractivity contribution < 1.29 is 49.6 Å². The maximum absolute atomic E-state index is 13.2. The first-order chi connectivity index (χ1) is 16.5. The number of esters is 1. The highest BCUT2D eigenvalue weighted by atomic mass is 16.7. The van der Waals surface area contributed by atoms with Crippen molar-refractivity contribution in [1.29, 1.82) is 0 Å². The van der Waals surface area contributed by atoms with E-state index >= 15 is 0 Å². The molecule has 8 bridgehead atoms. The van der Waals surface area contributed by atoms with Crippen molar-refractivity contribution in [2.45, 2.75) is 105 Å². The molecule has 3 saturated carbocycles. The van der Waals surface area contributed by atoms with Crippen molar-refractivity contribution in [3.05, 3.63) is 24.0 Å². The minimum absolute atomic E-state index is 0.0672. The summed E-state index contributed by atoms with van der Waals surface area (Å²) in [6.07, 6.45) is -3.49. The zero-order valence-electron chi connectivity index (χ0n) is 20.8. The van der Waals surface area contributed by atoms with E-state index in [-0.39, 0.29) is 18.5 Å². The number of H-pyrrole nitrogens is 1. The summed E-state index contributed by atoms with van der Waals surface area (Å²) in [4.78, 5) is 16.0. The number of aliphatic hydroxyl groups is 6. The summed E-state index contributed by atoms with van der Waals surface area (Å²) in [6, 6.07) is 3.06. The number of aromatic amines is 1. The van der Waals surface area contributed by atoms with E-state index in [9.17, 15) is 35.4 Å². The molecule has 4 saturated heterocycles. The van der Waals surface area contributed by atoms with Gasteiger partial charge in [-0.05, 0) is 31.9 Å². The van der Waals surface area contributed by atoms with E-state index in [4.69, 9.17) is 14.2 Å². The van der Waals surface area contributed by atoms with Gasteiger partial charge in [0.15, 0.2) is 17.5 Å². The van der Waals surface area contributed by atoms with Gasteiger partial charge in [0.05, 0.1) is 11.5 Å². The summed E-state index contributed by atoms with van der Waals surface area (Å²) in [6.45, 7) is 7.76. The Morgan fingerprint density at radius 1 is 1.14 bits per heavy atom. The van der Waals surface area contributed by atoms with Crippen molar-refractivity contribution in [2.75, 3.05) is 0 Å². The van der Waals surface area contributed by atoms with Crippen LogP contribution in [0.3, 0.4) is 0 Å². The molecule has 2 spiro atoms. The van der Waals surface area contributed by atoms with E-state index in [0.29, 0.717) is 0 Å². The number of carbonyl (C=O) groups excluding carboxylic acids is 1. The molecular formula is C25H33NO10. The van der Waals surface area contributed by atoms with E-state index in [1.54, 1.807) is 26.8 Å². The number of fused-ring (bicyclic) bond motifs is 1. The number of hydrogen-bond acceptors (Lipinski definition) is 10. The summed E-state index contributed by atoms with van der Waals surface area (Å²) >= 11 is 0. The van der Waals surface area contributed by atoms with E-state index in [0.717, 1.165) is 0 Å². The van der Waals surface area contributed by atoms with Crippen molar-refractivity contribution in [1.82, 2.24) is 4.98 Å². The molecule has 1 aromatic heterocycles. The summed E-state index contributed by atoms with van der Waals surface area (Å²) in [5.74, 6) is -3.87. The highest BCUT2D eigenvalue weighted by Gasteiger charge is 3.13. The molecule has 11 nitrogen and oxygen atoms in total. The molecule has 0 amide bonds. The normalized spacial score (nSPS) is 63.5. The van der Waals surface area contributed by atoms with Gasteiger partial charge in [0.2, 0.25) is 0 Å². The van der Waals surface area contributed by atoms with Gasteiger partial charge in [-0.2, -0.15) is 0 Å². The SMILES string of the molecule is CC(C)[C@@]1(O)[C@@H](OC(=O)c2ccc[nH]2)[C@@]2(O)[C@@]3(C)C[C@]4(O)O[C@@]5([C@@H](O)[C@@]6(C)O[C@@]35C[C@H]6O)[C@@]2(O)[C@]14C. The molecule has 36 heavy (non-hydrogen) atoms. The van der Waals surface area contributed by atoms with Gasteiger partial charge in [-0.25, -0.2) is 4.79 Å². The quantitative estimate of drug-likeness (QED) is 0.249. The lowest BCUT2D eigenvalue weighted by atomic mass is 9.52. The fourth-order valence-corrected chi connectivity index (χ4v) is 10.2. The Labute approximate surface area is 207 Å². The number of nitrogens with one attached hydrogen (secondary N) is 1. The second kappa shape index (κ2) is 5.57. The summed E-state index contributed by atoms with van der Waals surface area (Å²) < 4.78 is 18.6. The Balaban J connectivity index is 1.56. The van der Waals surface area contributed by atoms with Crippen LogP contribution >= 0.6 is 0 Å². The lowest BCUT2D eigenvalue weighted by molar-refractivity contribution is -0.366. The standard InChI is InChI=1S/C25H33NO10/c1-11(2)22(31)16(34-14(28)12-7-6-8-26-12)23(32)17(3)10-21(30)19(22,5)25(23,33)24(36-21)15(29)18(4)13(27)9-20(17,24)35-18/h6-8,11,13,15-16,26-27,29-33H,9-10H2,1-5H3/t13-,15+,16-,17+,18+,19+,20+,21+,22-,23-,24-,25-/m1/s1. The first-order valence-electron chi connectivity index (χ1n) is 12.5. The maximum Gasteiger partial charge on any atom is 0.355 e. The number of carbonyl (C=O) groups is 1. The van der Waals surface area contributed by atoms with Gasteiger partial charge >= 0.3 is 5.97 Å². The minimum atomic E-state index is -2.55. The van der Waals surface area contributed by atoms with E-state index in [1.165, 1.54) is 26.1 Å². The van der Waals surface area contributed by atoms with Crippen LogP contribution in [-0.2, 0) is 14.2 Å². The van der Waals surface area contributed by atoms with Crippen LogP contribution in [0.15, 0.2) is 18.3 Å². The summed E-state index contributed by atoms with van der Waals surface area (Å²) in [5, 5.41) is 73.1. The zero-order chi connectivity index (χ0) is 26.3. The van der Waals surface area contributed by atoms with E-state index < -0.39 is 80.4 Å². The van der Waals surface area contributed by atoms with Crippen LogP contribution < -0.4 is 0 Å². The average Bonchev–Trinajstić information content (AvgIpc) is 3.52. The van der Waals surface area contributed by atoms with Crippen LogP contribution in [0.2, 0.25) is 0 Å². The maximum atomic E-state index is 13.2. The van der Waals surface area contributed by atoms with Crippen molar-refractivity contribution >= 4 is 5.97 Å². The monoisotopic (exact) mass is 507 g/mol. The van der Waals surface area contributed by atoms with Gasteiger partial charge in [0, 0.05) is 24.5 Å². The number of hydrogen-bond donors (Lipinski definition) is 7. The molecule has 0 radical (unpaired) electrons. The number of aromatic nitrogens is 1. The fourth-order valence-electron chi connectivity index (χ4n) is 10.2. The third kappa shape index (κ3) is 1.54. The summed E-state index contributed by atoms with van der Waals surface area (Å²) in [5.41, 5.74) is -16.2. The molecule has 12 atom stereocenters. The highest BCUT2D eigenvalue weighted by molar-refractivity contribution is 5.87. The molecule has 7 aliphatic rings. The van der Waals surface area contributed by atoms with Crippen LogP contribution in [0.5, 0.6) is 0 Å². The largest absolute Gasteiger partial charge is 0.451 e. The van der Waals surface area contributed by atoms with Gasteiger partial charge < -0.3 is 49.8 Å². The zero-order valence-corrected chi connectivity index (χ0v) is 20.8. The van der Waals surface area contributed by atoms with E-state index in [1.807, 2.05) is 0 Å². The Morgan fingerprint density at radius 2 is 1.81 bits per heavy atom. The molecule has 7 N–H and O–H groups in total. The lowest BCUT2D eigenvalue weighted by Crippen LogP contribution is -2.75. The lowest BCUT2D eigenvalue weighted by Gasteiger charge is -2.58. The molecule has 198 valence electrons. The van der Waals surface area contributed by atoms with Gasteiger partial charge in [0.1, 0.15) is 39.8 Å². The predicted octanol–water partition coefficient (Wildman–Crippen LogP) is -1.06. The molecular weight excluding hydrogens is 474 g/mol. The van der Waals surface area contributed by atoms with Crippen LogP contribution in [0, 0.1) is 16.7 Å². The fraction of sp³-hybridized carbons (Fsp3) is 0.800. The highest BCUT2D eigenvalue weighted by Crippen LogP contribution is 2.93. The molecule has 4 aliphatic heterocycles. The Kier molecular flexibility index (Phi) is 3.64. The smallest absolute Gasteiger partial charge is 0.355 e. The predicted molar refractivity (Wildman–Crippen MR) is 118 cm³/mol. The van der Waals surface area contributed by atoms with Crippen LogP contribution in [0.4, 0.5) is 0 Å². The second-order valence-corrected chi connectivity index (χ2v) is 12.8. The average molecular weight is 508 g/mol. The number of aliphatic hydroxyl groups excluding tert-OH is 2. The molecule has 0 aromatic carbocycles. The van der Waals surface area contributed by atoms with Crippen molar-refractivity contribution in [3.63, 3.8) is 0 Å². The number of rotatable bonds is 3. The molecule has 8 rings (SSSR count). The number of ether oxygens (including phenoxy) is 3. The molecule has 1 aromatic rings. The molecule has 7 fully saturated rings. The Bertz CT molecular complexity index is 1220. The first kappa shape index (κ1) is 23.5. The molecule has 11 heteroatoms. The Hall–Kier alpha value is -1.57. The molecule has 5 heterocycles. The van der Waals surface area contributed by atoms with Crippen molar-refractivity contribution in [3.8, 4) is 0 Å².